The zero-order chi connectivity index (χ0) is 17.7. The van der Waals surface area contributed by atoms with Crippen molar-refractivity contribution in [2.75, 3.05) is 6.61 Å². The number of ether oxygens (including phenoxy) is 1. The van der Waals surface area contributed by atoms with Crippen LogP contribution in [0.15, 0.2) is 21.9 Å². The largest absolute Gasteiger partial charge is 0.344 e. The Morgan fingerprint density at radius 1 is 1.58 bits per heavy atom. The van der Waals surface area contributed by atoms with E-state index in [-0.39, 0.29) is 12.7 Å². The molecule has 1 aromatic rings. The van der Waals surface area contributed by atoms with Gasteiger partial charge >= 0.3 is 12.4 Å². The zero-order valence-corrected chi connectivity index (χ0v) is 15.1. The molecule has 1 unspecified atom stereocenters. The molecule has 0 bridgehead atoms. The number of aromatic nitrogens is 2. The van der Waals surface area contributed by atoms with E-state index in [0.717, 1.165) is 16.8 Å². The standard InChI is InChI=1S/C12H15ClFN2O6PS/c1-6(2)21-23(24)19-5-7-9(22-23)12(13,14)10(20-7)16-4-3-8(17)15-11(16)18/h3-4,6-7,9-10H,5H2,1-2H3,(H,15,17,18)/t7-,9-,10-,12-,23?/m1/s1. The molecule has 2 fully saturated rings. The quantitative estimate of drug-likeness (QED) is 0.605. The van der Waals surface area contributed by atoms with Crippen LogP contribution in [-0.2, 0) is 30.1 Å². The van der Waals surface area contributed by atoms with Crippen LogP contribution in [0.1, 0.15) is 20.1 Å². The molecule has 2 aliphatic rings. The third-order valence-corrected chi connectivity index (χ3v) is 6.30. The van der Waals surface area contributed by atoms with Gasteiger partial charge in [-0.1, -0.05) is 11.6 Å². The minimum Gasteiger partial charge on any atom is -0.344 e. The molecule has 1 N–H and O–H groups in total. The number of H-pyrrole nitrogens is 1. The van der Waals surface area contributed by atoms with E-state index in [2.05, 4.69) is 0 Å². The van der Waals surface area contributed by atoms with E-state index in [1.165, 1.54) is 0 Å². The Balaban J connectivity index is 1.91. The zero-order valence-electron chi connectivity index (χ0n) is 12.7. The second-order valence-corrected chi connectivity index (χ2v) is 9.14. The van der Waals surface area contributed by atoms with E-state index in [1.807, 2.05) is 4.98 Å². The lowest BCUT2D eigenvalue weighted by Gasteiger charge is -2.35. The number of halogens is 2. The minimum absolute atomic E-state index is 0.0817. The maximum atomic E-state index is 15.2. The molecule has 12 heteroatoms. The van der Waals surface area contributed by atoms with Crippen molar-refractivity contribution in [3.8, 4) is 0 Å². The Bertz CT molecular complexity index is 798. The first-order chi connectivity index (χ1) is 11.1. The number of hydrogen-bond donors (Lipinski definition) is 1. The van der Waals surface area contributed by atoms with Gasteiger partial charge in [-0.2, -0.15) is 0 Å². The van der Waals surface area contributed by atoms with Crippen LogP contribution in [0.25, 0.3) is 0 Å². The number of fused-ring (bicyclic) bond motifs is 1. The maximum Gasteiger partial charge on any atom is 0.330 e. The lowest BCUT2D eigenvalue weighted by Crippen LogP contribution is -2.44. The van der Waals surface area contributed by atoms with Crippen LogP contribution >= 0.6 is 18.3 Å². The highest BCUT2D eigenvalue weighted by Gasteiger charge is 2.62. The smallest absolute Gasteiger partial charge is 0.330 e. The molecule has 8 nitrogen and oxygen atoms in total. The SMILES string of the molecule is CC(C)OP1(=S)OC[C@H]2O[C@@H](n3ccc(=O)[nH]c3=O)[C@@](F)(Cl)[C@@H]2O1. The average molecular weight is 401 g/mol. The van der Waals surface area contributed by atoms with E-state index in [4.69, 9.17) is 41.7 Å². The molecule has 2 saturated heterocycles. The summed E-state index contributed by atoms with van der Waals surface area (Å²) in [5.41, 5.74) is -1.47. The number of hydrogen-bond acceptors (Lipinski definition) is 7. The summed E-state index contributed by atoms with van der Waals surface area (Å²) >= 11 is 11.2. The van der Waals surface area contributed by atoms with Gasteiger partial charge in [0.1, 0.15) is 12.2 Å². The van der Waals surface area contributed by atoms with Crippen LogP contribution in [0.2, 0.25) is 0 Å². The molecule has 1 aromatic heterocycles. The number of alkyl halides is 2. The highest BCUT2D eigenvalue weighted by Crippen LogP contribution is 2.61. The van der Waals surface area contributed by atoms with E-state index < -0.39 is 41.5 Å². The summed E-state index contributed by atoms with van der Waals surface area (Å²) in [4.78, 5) is 25.0. The second kappa shape index (κ2) is 6.28. The maximum absolute atomic E-state index is 15.2. The molecule has 5 atom stereocenters. The topological polar surface area (TPSA) is 91.8 Å². The van der Waals surface area contributed by atoms with Crippen molar-refractivity contribution < 1.29 is 22.7 Å². The van der Waals surface area contributed by atoms with Gasteiger partial charge in [-0.3, -0.25) is 18.9 Å². The molecule has 0 saturated carbocycles. The van der Waals surface area contributed by atoms with Crippen LogP contribution in [0, 0.1) is 0 Å². The summed E-state index contributed by atoms with van der Waals surface area (Å²) in [6.45, 7) is 0.225. The summed E-state index contributed by atoms with van der Waals surface area (Å²) < 4.78 is 37.9. The molecule has 3 rings (SSSR count). The third-order valence-electron chi connectivity index (χ3n) is 3.43. The van der Waals surface area contributed by atoms with Crippen molar-refractivity contribution in [1.29, 1.82) is 0 Å². The van der Waals surface area contributed by atoms with Gasteiger partial charge in [-0.25, -0.2) is 9.18 Å². The van der Waals surface area contributed by atoms with Crippen LogP contribution < -0.4 is 11.2 Å². The summed E-state index contributed by atoms with van der Waals surface area (Å²) in [7, 11) is 0. The van der Waals surface area contributed by atoms with E-state index in [9.17, 15) is 9.59 Å². The first-order valence-corrected chi connectivity index (χ1v) is 10.0. The minimum atomic E-state index is -3.17. The van der Waals surface area contributed by atoms with Crippen molar-refractivity contribution in [3.05, 3.63) is 33.1 Å². The number of nitrogens with one attached hydrogen (secondary N) is 1. The van der Waals surface area contributed by atoms with E-state index >= 15 is 4.39 Å². The van der Waals surface area contributed by atoms with Crippen LogP contribution in [-0.4, -0.2) is 39.6 Å². The van der Waals surface area contributed by atoms with Crippen LogP contribution in [0.3, 0.4) is 0 Å². The molecule has 0 amide bonds. The molecular formula is C12H15ClFN2O6PS. The number of aromatic amines is 1. The molecule has 3 heterocycles. The van der Waals surface area contributed by atoms with Crippen LogP contribution in [0.4, 0.5) is 4.39 Å². The van der Waals surface area contributed by atoms with Gasteiger partial charge in [0.05, 0.1) is 12.7 Å². The van der Waals surface area contributed by atoms with Crippen molar-refractivity contribution in [2.24, 2.45) is 0 Å². The second-order valence-electron chi connectivity index (χ2n) is 5.64. The fourth-order valence-electron chi connectivity index (χ4n) is 2.49. The van der Waals surface area contributed by atoms with Crippen molar-refractivity contribution in [3.63, 3.8) is 0 Å². The van der Waals surface area contributed by atoms with Gasteiger partial charge < -0.3 is 13.8 Å². The molecular weight excluding hydrogens is 386 g/mol. The summed E-state index contributed by atoms with van der Waals surface area (Å²) in [6.07, 6.45) is -2.84. The Hall–Kier alpha value is -0.610. The summed E-state index contributed by atoms with van der Waals surface area (Å²) in [5.74, 6) is 0. The predicted molar refractivity (Wildman–Crippen MR) is 86.3 cm³/mol. The first-order valence-electron chi connectivity index (χ1n) is 7.08. The fraction of sp³-hybridized carbons (Fsp3) is 0.667. The third kappa shape index (κ3) is 3.24. The predicted octanol–water partition coefficient (Wildman–Crippen LogP) is 1.40. The summed E-state index contributed by atoms with van der Waals surface area (Å²) in [6, 6.07) is 1.06. The molecule has 0 aromatic carbocycles. The Kier molecular flexibility index (Phi) is 4.76. The molecule has 0 aliphatic carbocycles. The monoisotopic (exact) mass is 400 g/mol. The first kappa shape index (κ1) is 18.2. The normalized spacial score (nSPS) is 39.1. The lowest BCUT2D eigenvalue weighted by molar-refractivity contribution is -0.0657. The summed E-state index contributed by atoms with van der Waals surface area (Å²) in [5, 5.41) is -2.60. The Morgan fingerprint density at radius 2 is 2.29 bits per heavy atom. The van der Waals surface area contributed by atoms with Gasteiger partial charge in [0.25, 0.3) is 10.7 Å². The molecule has 2 aliphatic heterocycles. The number of nitrogens with zero attached hydrogens (tertiary/aromatic N) is 1. The van der Waals surface area contributed by atoms with Crippen LogP contribution in [0.5, 0.6) is 0 Å². The van der Waals surface area contributed by atoms with Gasteiger partial charge in [0.2, 0.25) is 0 Å². The molecule has 24 heavy (non-hydrogen) atoms. The van der Waals surface area contributed by atoms with E-state index in [1.54, 1.807) is 13.8 Å². The van der Waals surface area contributed by atoms with Gasteiger partial charge in [-0.15, -0.1) is 0 Å². The molecule has 0 radical (unpaired) electrons. The fourth-order valence-corrected chi connectivity index (χ4v) is 5.46. The highest BCUT2D eigenvalue weighted by molar-refractivity contribution is 8.07. The van der Waals surface area contributed by atoms with Gasteiger partial charge in [0, 0.05) is 12.3 Å². The van der Waals surface area contributed by atoms with Crippen molar-refractivity contribution in [1.82, 2.24) is 9.55 Å². The van der Waals surface area contributed by atoms with E-state index in [0.29, 0.717) is 0 Å². The Morgan fingerprint density at radius 3 is 2.92 bits per heavy atom. The Labute approximate surface area is 146 Å². The highest BCUT2D eigenvalue weighted by atomic mass is 35.5. The van der Waals surface area contributed by atoms with Gasteiger partial charge in [-0.05, 0) is 25.7 Å². The molecule has 0 spiro atoms. The lowest BCUT2D eigenvalue weighted by atomic mass is 10.1. The van der Waals surface area contributed by atoms with Gasteiger partial charge in [0.15, 0.2) is 6.23 Å². The van der Waals surface area contributed by atoms with Crippen molar-refractivity contribution in [2.45, 2.75) is 43.5 Å². The molecule has 134 valence electrons. The number of rotatable bonds is 3. The average Bonchev–Trinajstić information content (AvgIpc) is 2.69. The van der Waals surface area contributed by atoms with Crippen molar-refractivity contribution >= 4 is 30.1 Å².